The van der Waals surface area contributed by atoms with Gasteiger partial charge < -0.3 is 13.9 Å². The second-order valence-electron chi connectivity index (χ2n) is 3.63. The fourth-order valence-electron chi connectivity index (χ4n) is 1.62. The molecule has 1 heterocycles. The van der Waals surface area contributed by atoms with E-state index in [-0.39, 0.29) is 0 Å². The highest BCUT2D eigenvalue weighted by molar-refractivity contribution is 7.69. The van der Waals surface area contributed by atoms with Crippen molar-refractivity contribution in [3.63, 3.8) is 0 Å². The Kier molecular flexibility index (Phi) is 2.48. The quantitative estimate of drug-likeness (QED) is 0.807. The van der Waals surface area contributed by atoms with Gasteiger partial charge in [0.05, 0.1) is 5.30 Å². The molecule has 5 heteroatoms. The minimum atomic E-state index is -3.03. The first-order valence-corrected chi connectivity index (χ1v) is 6.99. The average molecular weight is 268 g/mol. The van der Waals surface area contributed by atoms with Crippen LogP contribution in [0, 0.1) is 0 Å². The topological polar surface area (TPSA) is 38.7 Å². The van der Waals surface area contributed by atoms with E-state index < -0.39 is 7.94 Å². The summed E-state index contributed by atoms with van der Waals surface area (Å²) in [6.07, 6.45) is 0. The largest absolute Gasteiger partial charge is 0.419 e. The van der Waals surface area contributed by atoms with Gasteiger partial charge in [-0.25, -0.2) is 0 Å². The fraction of sp³-hybridized carbons (Fsp3) is 0. The molecule has 0 saturated carbocycles. The van der Waals surface area contributed by atoms with E-state index in [1.807, 2.05) is 12.1 Å². The second-order valence-corrected chi connectivity index (χ2v) is 5.98. The summed E-state index contributed by atoms with van der Waals surface area (Å²) in [7, 11) is -3.03. The highest BCUT2D eigenvalue weighted by atomic mass is 35.5. The maximum absolute atomic E-state index is 10.4. The summed E-state index contributed by atoms with van der Waals surface area (Å²) in [5, 5.41) is 1.22. The summed E-state index contributed by atoms with van der Waals surface area (Å²) in [4.78, 5) is 10.4. The van der Waals surface area contributed by atoms with E-state index in [0.717, 1.165) is 0 Å². The van der Waals surface area contributed by atoms with Crippen molar-refractivity contribution in [1.29, 1.82) is 0 Å². The predicted molar refractivity (Wildman–Crippen MR) is 67.9 cm³/mol. The maximum Gasteiger partial charge on any atom is 0.368 e. The van der Waals surface area contributed by atoms with Crippen LogP contribution < -0.4 is 14.4 Å². The van der Waals surface area contributed by atoms with E-state index in [4.69, 9.17) is 20.6 Å². The molecule has 1 aliphatic rings. The lowest BCUT2D eigenvalue weighted by Gasteiger charge is -2.21. The van der Waals surface area contributed by atoms with Gasteiger partial charge in [0.1, 0.15) is 0 Å². The first-order valence-electron chi connectivity index (χ1n) is 5.03. The minimum absolute atomic E-state index is 0.568. The normalized spacial score (nSPS) is 15.9. The Bertz CT molecular complexity index is 531. The van der Waals surface area contributed by atoms with E-state index in [1.54, 1.807) is 36.4 Å². The Morgan fingerprint density at radius 1 is 0.882 bits per heavy atom. The summed E-state index contributed by atoms with van der Waals surface area (Å²) in [6, 6.07) is 14.0. The predicted octanol–water partition coefficient (Wildman–Crippen LogP) is 3.19. The Labute approximate surface area is 104 Å². The number of benzene rings is 2. The van der Waals surface area contributed by atoms with Crippen LogP contribution in [-0.2, 0) is 0 Å². The minimum Gasteiger partial charge on any atom is -0.419 e. The van der Waals surface area contributed by atoms with Gasteiger partial charge in [0.15, 0.2) is 11.5 Å². The molecule has 0 fully saturated rings. The zero-order valence-electron chi connectivity index (χ0n) is 8.71. The van der Waals surface area contributed by atoms with Gasteiger partial charge >= 0.3 is 7.94 Å². The van der Waals surface area contributed by atoms with Crippen LogP contribution in [0.25, 0.3) is 0 Å². The van der Waals surface area contributed by atoms with Crippen LogP contribution in [0.3, 0.4) is 0 Å². The van der Waals surface area contributed by atoms with E-state index in [9.17, 15) is 4.89 Å². The van der Waals surface area contributed by atoms with Crippen LogP contribution in [-0.4, -0.2) is 4.89 Å². The smallest absolute Gasteiger partial charge is 0.368 e. The molecule has 2 aromatic carbocycles. The van der Waals surface area contributed by atoms with Crippen molar-refractivity contribution in [2.45, 2.75) is 0 Å². The van der Waals surface area contributed by atoms with Crippen LogP contribution in [0.5, 0.6) is 11.5 Å². The Morgan fingerprint density at radius 2 is 1.41 bits per heavy atom. The Balaban J connectivity index is 1.98. The van der Waals surface area contributed by atoms with Gasteiger partial charge in [0, 0.05) is 5.02 Å². The van der Waals surface area contributed by atoms with Crippen LogP contribution >= 0.6 is 19.5 Å². The summed E-state index contributed by atoms with van der Waals surface area (Å²) >= 11 is 5.80. The van der Waals surface area contributed by atoms with Crippen molar-refractivity contribution >= 4 is 24.8 Å². The molecule has 3 rings (SSSR count). The van der Waals surface area contributed by atoms with Crippen molar-refractivity contribution in [3.05, 3.63) is 53.6 Å². The molecule has 1 radical (unpaired) electrons. The van der Waals surface area contributed by atoms with Crippen molar-refractivity contribution in [1.82, 2.24) is 0 Å². The van der Waals surface area contributed by atoms with Gasteiger partial charge in [-0.3, -0.25) is 0 Å². The third kappa shape index (κ3) is 1.87. The number of rotatable bonds is 1. The number of fused-ring (bicyclic) bond motifs is 1. The van der Waals surface area contributed by atoms with Crippen molar-refractivity contribution in [3.8, 4) is 11.5 Å². The molecule has 1 N–H and O–H groups in total. The fourth-order valence-corrected chi connectivity index (χ4v) is 3.36. The average Bonchev–Trinajstić information content (AvgIpc) is 2.67. The van der Waals surface area contributed by atoms with Gasteiger partial charge in [-0.1, -0.05) is 23.7 Å². The molecular weight excluding hydrogens is 259 g/mol. The van der Waals surface area contributed by atoms with Gasteiger partial charge in [-0.05, 0) is 36.4 Å². The highest BCUT2D eigenvalue weighted by Gasteiger charge is 2.40. The molecule has 0 amide bonds. The van der Waals surface area contributed by atoms with E-state index in [2.05, 4.69) is 0 Å². The van der Waals surface area contributed by atoms with Gasteiger partial charge in [0.2, 0.25) is 0 Å². The van der Waals surface area contributed by atoms with E-state index in [1.165, 1.54) is 0 Å². The van der Waals surface area contributed by atoms with Crippen molar-refractivity contribution < 1.29 is 13.9 Å². The van der Waals surface area contributed by atoms with Crippen LogP contribution in [0.4, 0.5) is 0 Å². The summed E-state index contributed by atoms with van der Waals surface area (Å²) in [6.45, 7) is 0. The summed E-state index contributed by atoms with van der Waals surface area (Å²) < 4.78 is 11.0. The molecule has 0 saturated heterocycles. The van der Waals surface area contributed by atoms with Gasteiger partial charge in [-0.15, -0.1) is 0 Å². The molecule has 1 aliphatic heterocycles. The van der Waals surface area contributed by atoms with Crippen molar-refractivity contribution in [2.75, 3.05) is 0 Å². The Hall–Kier alpha value is -1.28. The van der Waals surface area contributed by atoms with Crippen molar-refractivity contribution in [2.24, 2.45) is 0 Å². The molecule has 0 aromatic heterocycles. The molecule has 0 spiro atoms. The number of para-hydroxylation sites is 2. The van der Waals surface area contributed by atoms with Crippen LogP contribution in [0.2, 0.25) is 5.02 Å². The summed E-state index contributed by atoms with van der Waals surface area (Å²) in [5.41, 5.74) is 0. The van der Waals surface area contributed by atoms with E-state index >= 15 is 0 Å². The standard InChI is InChI=1S/C12H9ClO3P/c13-9-5-7-10(8-6-9)17(14)15-11-3-1-2-4-12(11)16-17/h1-8,14H. The number of hydrogen-bond donors (Lipinski definition) is 1. The maximum atomic E-state index is 10.4. The first-order chi connectivity index (χ1) is 8.17. The Morgan fingerprint density at radius 3 is 1.94 bits per heavy atom. The molecule has 17 heavy (non-hydrogen) atoms. The number of halogens is 1. The lowest BCUT2D eigenvalue weighted by molar-refractivity contribution is 0.408. The second kappa shape index (κ2) is 3.88. The lowest BCUT2D eigenvalue weighted by Crippen LogP contribution is -2.16. The van der Waals surface area contributed by atoms with Gasteiger partial charge in [-0.2, -0.15) is 0 Å². The van der Waals surface area contributed by atoms with E-state index in [0.29, 0.717) is 21.8 Å². The highest BCUT2D eigenvalue weighted by Crippen LogP contribution is 2.63. The molecule has 87 valence electrons. The number of hydrogen-bond acceptors (Lipinski definition) is 3. The molecule has 0 atom stereocenters. The zero-order chi connectivity index (χ0) is 11.9. The van der Waals surface area contributed by atoms with Gasteiger partial charge in [0.25, 0.3) is 0 Å². The molecule has 2 aromatic rings. The third-order valence-electron chi connectivity index (χ3n) is 2.45. The molecule has 0 aliphatic carbocycles. The SMILES string of the molecule is O[P]1(c2ccc(Cl)cc2)Oc2ccccc2O1. The third-order valence-corrected chi connectivity index (χ3v) is 4.54. The van der Waals surface area contributed by atoms with Crippen LogP contribution in [0.1, 0.15) is 0 Å². The molecule has 0 unspecified atom stereocenters. The lowest BCUT2D eigenvalue weighted by atomic mass is 10.3. The molecular formula is C12H9ClO3P. The molecule has 0 bridgehead atoms. The summed E-state index contributed by atoms with van der Waals surface area (Å²) in [5.74, 6) is 1.14. The zero-order valence-corrected chi connectivity index (χ0v) is 10.4. The monoisotopic (exact) mass is 267 g/mol. The molecule has 3 nitrogen and oxygen atoms in total. The first kappa shape index (κ1) is 10.8. The van der Waals surface area contributed by atoms with Crippen LogP contribution in [0.15, 0.2) is 48.5 Å².